The molecule has 0 fully saturated rings. The zero-order chi connectivity index (χ0) is 11.9. The Kier molecular flexibility index (Phi) is 3.06. The third-order valence-electron chi connectivity index (χ3n) is 2.18. The zero-order valence-corrected chi connectivity index (χ0v) is 11.2. The van der Waals surface area contributed by atoms with Crippen LogP contribution in [0.3, 0.4) is 0 Å². The van der Waals surface area contributed by atoms with Crippen LogP contribution in [0.1, 0.15) is 56.9 Å². The van der Waals surface area contributed by atoms with Gasteiger partial charge in [-0.2, -0.15) is 4.37 Å². The number of hydrogen-bond acceptors (Lipinski definition) is 3. The molecule has 2 nitrogen and oxygen atoms in total. The molecule has 0 saturated heterocycles. The van der Waals surface area contributed by atoms with Crippen LogP contribution in [0.25, 0.3) is 0 Å². The molecule has 1 rings (SSSR count). The molecule has 3 heteroatoms. The van der Waals surface area contributed by atoms with E-state index in [1.54, 1.807) is 0 Å². The van der Waals surface area contributed by atoms with E-state index in [2.05, 4.69) is 25.1 Å². The number of carbonyl (C=O) groups excluding carboxylic acids is 1. The standard InChI is InChI=1S/C12H19NOS/c1-11(2,3)9-7-8(15-13-9)10(14)12(4,5)6/h7H,1-6H3. The summed E-state index contributed by atoms with van der Waals surface area (Å²) in [6, 6.07) is 1.93. The van der Waals surface area contributed by atoms with Gasteiger partial charge in [-0.1, -0.05) is 41.5 Å². The molecule has 0 radical (unpaired) electrons. The van der Waals surface area contributed by atoms with E-state index in [1.165, 1.54) is 11.5 Å². The van der Waals surface area contributed by atoms with Gasteiger partial charge < -0.3 is 0 Å². The maximum Gasteiger partial charge on any atom is 0.179 e. The van der Waals surface area contributed by atoms with Gasteiger partial charge >= 0.3 is 0 Å². The fraction of sp³-hybridized carbons (Fsp3) is 0.667. The smallest absolute Gasteiger partial charge is 0.179 e. The molecule has 0 bridgehead atoms. The molecular weight excluding hydrogens is 206 g/mol. The van der Waals surface area contributed by atoms with Crippen LogP contribution in [0.4, 0.5) is 0 Å². The summed E-state index contributed by atoms with van der Waals surface area (Å²) in [5.74, 6) is 0.176. The lowest BCUT2D eigenvalue weighted by Crippen LogP contribution is -2.19. The number of carbonyl (C=O) groups is 1. The molecule has 0 N–H and O–H groups in total. The van der Waals surface area contributed by atoms with Crippen molar-refractivity contribution in [1.29, 1.82) is 0 Å². The Balaban J connectivity index is 3.01. The molecule has 0 aromatic carbocycles. The highest BCUT2D eigenvalue weighted by atomic mass is 32.1. The molecule has 0 spiro atoms. The highest BCUT2D eigenvalue weighted by Gasteiger charge is 2.26. The lowest BCUT2D eigenvalue weighted by molar-refractivity contribution is 0.0862. The fourth-order valence-electron chi connectivity index (χ4n) is 1.11. The summed E-state index contributed by atoms with van der Waals surface area (Å²) >= 11 is 1.31. The highest BCUT2D eigenvalue weighted by Crippen LogP contribution is 2.28. The SMILES string of the molecule is CC(C)(C)C(=O)c1cc(C(C)(C)C)ns1. The van der Waals surface area contributed by atoms with Crippen LogP contribution >= 0.6 is 11.5 Å². The third kappa shape index (κ3) is 2.88. The van der Waals surface area contributed by atoms with Gasteiger partial charge in [0, 0.05) is 10.8 Å². The molecule has 0 unspecified atom stereocenters. The number of hydrogen-bond donors (Lipinski definition) is 0. The minimum atomic E-state index is -0.318. The number of aromatic nitrogens is 1. The van der Waals surface area contributed by atoms with E-state index < -0.39 is 0 Å². The van der Waals surface area contributed by atoms with Gasteiger partial charge in [-0.15, -0.1) is 0 Å². The van der Waals surface area contributed by atoms with E-state index in [0.29, 0.717) is 0 Å². The Labute approximate surface area is 95.9 Å². The number of Topliss-reactive ketones (excluding diaryl/α,β-unsaturated/α-hetero) is 1. The van der Waals surface area contributed by atoms with Gasteiger partial charge in [0.05, 0.1) is 10.6 Å². The number of nitrogens with zero attached hydrogens (tertiary/aromatic N) is 1. The lowest BCUT2D eigenvalue weighted by atomic mass is 9.88. The lowest BCUT2D eigenvalue weighted by Gasteiger charge is -2.15. The third-order valence-corrected chi connectivity index (χ3v) is 2.97. The van der Waals surface area contributed by atoms with Crippen LogP contribution in [0, 0.1) is 5.41 Å². The molecule has 0 amide bonds. The monoisotopic (exact) mass is 225 g/mol. The molecule has 1 heterocycles. The normalized spacial score (nSPS) is 12.9. The molecule has 0 aliphatic rings. The number of ketones is 1. The largest absolute Gasteiger partial charge is 0.293 e. The first kappa shape index (κ1) is 12.4. The predicted octanol–water partition coefficient (Wildman–Crippen LogP) is 3.67. The Morgan fingerprint density at radius 2 is 1.73 bits per heavy atom. The van der Waals surface area contributed by atoms with Gasteiger partial charge in [-0.05, 0) is 17.6 Å². The van der Waals surface area contributed by atoms with Crippen molar-refractivity contribution in [2.75, 3.05) is 0 Å². The first-order valence-electron chi connectivity index (χ1n) is 5.14. The minimum Gasteiger partial charge on any atom is -0.293 e. The maximum atomic E-state index is 12.0. The summed E-state index contributed by atoms with van der Waals surface area (Å²) in [6.07, 6.45) is 0. The molecule has 84 valence electrons. The van der Waals surface area contributed by atoms with Crippen molar-refractivity contribution in [2.45, 2.75) is 47.0 Å². The van der Waals surface area contributed by atoms with Crippen molar-refractivity contribution >= 4 is 17.3 Å². The van der Waals surface area contributed by atoms with E-state index in [1.807, 2.05) is 26.8 Å². The van der Waals surface area contributed by atoms with Crippen molar-refractivity contribution in [3.63, 3.8) is 0 Å². The quantitative estimate of drug-likeness (QED) is 0.683. The molecule has 15 heavy (non-hydrogen) atoms. The second-order valence-corrected chi connectivity index (χ2v) is 6.71. The molecule has 0 saturated carbocycles. The van der Waals surface area contributed by atoms with Crippen molar-refractivity contribution in [2.24, 2.45) is 5.41 Å². The first-order valence-corrected chi connectivity index (χ1v) is 5.92. The van der Waals surface area contributed by atoms with Gasteiger partial charge in [-0.25, -0.2) is 0 Å². The second-order valence-electron chi connectivity index (χ2n) is 5.91. The van der Waals surface area contributed by atoms with E-state index in [-0.39, 0.29) is 16.6 Å². The average molecular weight is 225 g/mol. The van der Waals surface area contributed by atoms with Gasteiger partial charge in [0.15, 0.2) is 5.78 Å². The zero-order valence-electron chi connectivity index (χ0n) is 10.3. The van der Waals surface area contributed by atoms with Gasteiger partial charge in [0.25, 0.3) is 0 Å². The Bertz CT molecular complexity index is 366. The van der Waals surface area contributed by atoms with E-state index in [4.69, 9.17) is 0 Å². The summed E-state index contributed by atoms with van der Waals surface area (Å²) in [5, 5.41) is 0. The summed E-state index contributed by atoms with van der Waals surface area (Å²) in [6.45, 7) is 12.1. The molecule has 1 aromatic heterocycles. The maximum absolute atomic E-state index is 12.0. The highest BCUT2D eigenvalue weighted by molar-refractivity contribution is 7.08. The summed E-state index contributed by atoms with van der Waals surface area (Å²) in [7, 11) is 0. The molecule has 1 aromatic rings. The minimum absolute atomic E-state index is 0.0207. The Morgan fingerprint density at radius 3 is 2.07 bits per heavy atom. The fourth-order valence-corrected chi connectivity index (χ4v) is 2.18. The van der Waals surface area contributed by atoms with Crippen LogP contribution < -0.4 is 0 Å². The molecule has 0 aliphatic carbocycles. The van der Waals surface area contributed by atoms with Crippen LogP contribution in [-0.4, -0.2) is 10.2 Å². The molecule has 0 aliphatic heterocycles. The van der Waals surface area contributed by atoms with Crippen LogP contribution in [0.2, 0.25) is 0 Å². The van der Waals surface area contributed by atoms with E-state index in [0.717, 1.165) is 10.6 Å². The summed E-state index contributed by atoms with van der Waals surface area (Å²) in [4.78, 5) is 12.7. The van der Waals surface area contributed by atoms with Gasteiger partial charge in [0.1, 0.15) is 0 Å². The van der Waals surface area contributed by atoms with Crippen LogP contribution in [-0.2, 0) is 5.41 Å². The first-order chi connectivity index (χ1) is 6.62. The van der Waals surface area contributed by atoms with E-state index >= 15 is 0 Å². The average Bonchev–Trinajstić information content (AvgIpc) is 2.47. The van der Waals surface area contributed by atoms with Gasteiger partial charge in [0.2, 0.25) is 0 Å². The van der Waals surface area contributed by atoms with Crippen molar-refractivity contribution < 1.29 is 4.79 Å². The Hall–Kier alpha value is -0.700. The van der Waals surface area contributed by atoms with E-state index in [9.17, 15) is 4.79 Å². The van der Waals surface area contributed by atoms with Crippen LogP contribution in [0.5, 0.6) is 0 Å². The predicted molar refractivity (Wildman–Crippen MR) is 64.6 cm³/mol. The molecular formula is C12H19NOS. The second kappa shape index (κ2) is 3.71. The van der Waals surface area contributed by atoms with Crippen LogP contribution in [0.15, 0.2) is 6.07 Å². The summed E-state index contributed by atoms with van der Waals surface area (Å²) < 4.78 is 4.34. The van der Waals surface area contributed by atoms with Crippen molar-refractivity contribution in [1.82, 2.24) is 4.37 Å². The van der Waals surface area contributed by atoms with Gasteiger partial charge in [-0.3, -0.25) is 4.79 Å². The number of rotatable bonds is 1. The van der Waals surface area contributed by atoms with Crippen molar-refractivity contribution in [3.05, 3.63) is 16.6 Å². The van der Waals surface area contributed by atoms with Crippen molar-refractivity contribution in [3.8, 4) is 0 Å². The Morgan fingerprint density at radius 1 is 1.20 bits per heavy atom. The topological polar surface area (TPSA) is 30.0 Å². The summed E-state index contributed by atoms with van der Waals surface area (Å²) in [5.41, 5.74) is 0.703. The molecule has 0 atom stereocenters.